The lowest BCUT2D eigenvalue weighted by molar-refractivity contribution is -0.137. The third-order valence-corrected chi connectivity index (χ3v) is 5.49. The average Bonchev–Trinajstić information content (AvgIpc) is 3.45. The Morgan fingerprint density at radius 2 is 1.71 bits per heavy atom. The first-order valence-corrected chi connectivity index (χ1v) is 8.79. The minimum atomic E-state index is -0.344. The summed E-state index contributed by atoms with van der Waals surface area (Å²) < 4.78 is 13.0. The summed E-state index contributed by atoms with van der Waals surface area (Å²) in [6.07, 6.45) is 3.85. The van der Waals surface area contributed by atoms with E-state index in [4.69, 9.17) is 0 Å². The predicted molar refractivity (Wildman–Crippen MR) is 90.0 cm³/mol. The van der Waals surface area contributed by atoms with Crippen molar-refractivity contribution in [1.29, 1.82) is 0 Å². The van der Waals surface area contributed by atoms with E-state index in [9.17, 15) is 14.0 Å². The first-order valence-electron chi connectivity index (χ1n) is 8.79. The molecule has 1 saturated heterocycles. The Hall–Kier alpha value is -1.91. The van der Waals surface area contributed by atoms with Crippen LogP contribution in [0.4, 0.5) is 4.39 Å². The topological polar surface area (TPSA) is 40.6 Å². The number of benzene rings is 1. The van der Waals surface area contributed by atoms with Gasteiger partial charge in [-0.3, -0.25) is 9.59 Å². The van der Waals surface area contributed by atoms with Crippen molar-refractivity contribution in [1.82, 2.24) is 9.80 Å². The Bertz CT molecular complexity index is 604. The van der Waals surface area contributed by atoms with Gasteiger partial charge >= 0.3 is 0 Å². The molecular formula is C19H25FN2O2. The molecule has 0 bridgehead atoms. The Kier molecular flexibility index (Phi) is 4.88. The minimum absolute atomic E-state index is 0.00784. The number of carbonyl (C=O) groups excluding carboxylic acids is 2. The monoisotopic (exact) mass is 332 g/mol. The van der Waals surface area contributed by atoms with Crippen LogP contribution < -0.4 is 0 Å². The Morgan fingerprint density at radius 3 is 2.25 bits per heavy atom. The maximum Gasteiger partial charge on any atom is 0.253 e. The molecule has 0 spiro atoms. The molecule has 0 N–H and O–H groups in total. The summed E-state index contributed by atoms with van der Waals surface area (Å²) in [5, 5.41) is 0. The number of likely N-dealkylation sites (tertiary alicyclic amines) is 1. The normalized spacial score (nSPS) is 19.9. The highest BCUT2D eigenvalue weighted by Crippen LogP contribution is 2.35. The van der Waals surface area contributed by atoms with E-state index in [0.717, 1.165) is 0 Å². The molecule has 130 valence electrons. The number of hydrogen-bond acceptors (Lipinski definition) is 2. The molecule has 1 saturated carbocycles. The maximum atomic E-state index is 13.0. The van der Waals surface area contributed by atoms with Crippen LogP contribution in [-0.2, 0) is 4.79 Å². The van der Waals surface area contributed by atoms with Gasteiger partial charge in [-0.2, -0.15) is 0 Å². The number of nitrogens with zero attached hydrogens (tertiary/aromatic N) is 2. The zero-order chi connectivity index (χ0) is 17.3. The van der Waals surface area contributed by atoms with Crippen LogP contribution in [0.2, 0.25) is 0 Å². The first kappa shape index (κ1) is 16.9. The summed E-state index contributed by atoms with van der Waals surface area (Å²) in [7, 11) is 1.90. The number of carbonyl (C=O) groups is 2. The van der Waals surface area contributed by atoms with Crippen molar-refractivity contribution >= 4 is 11.8 Å². The van der Waals surface area contributed by atoms with Gasteiger partial charge in [-0.05, 0) is 62.8 Å². The number of rotatable bonds is 4. The van der Waals surface area contributed by atoms with E-state index in [1.165, 1.54) is 37.1 Å². The standard InChI is InChI=1S/C19H25FN2O2/c1-13(14-3-4-14)21(2)18(23)16-9-11-22(12-10-16)19(24)15-5-7-17(20)8-6-15/h5-8,13-14,16H,3-4,9-12H2,1-2H3. The van der Waals surface area contributed by atoms with Gasteiger partial charge in [0.15, 0.2) is 0 Å². The molecule has 0 aromatic heterocycles. The highest BCUT2D eigenvalue weighted by atomic mass is 19.1. The summed E-state index contributed by atoms with van der Waals surface area (Å²) in [6.45, 7) is 3.29. The number of hydrogen-bond donors (Lipinski definition) is 0. The molecule has 4 nitrogen and oxygen atoms in total. The van der Waals surface area contributed by atoms with Gasteiger partial charge in [-0.25, -0.2) is 4.39 Å². The predicted octanol–water partition coefficient (Wildman–Crippen LogP) is 2.93. The summed E-state index contributed by atoms with van der Waals surface area (Å²) >= 11 is 0. The van der Waals surface area contributed by atoms with Gasteiger partial charge in [0.2, 0.25) is 5.91 Å². The maximum absolute atomic E-state index is 13.0. The lowest BCUT2D eigenvalue weighted by Gasteiger charge is -2.35. The van der Waals surface area contributed by atoms with E-state index in [2.05, 4.69) is 6.92 Å². The smallest absolute Gasteiger partial charge is 0.253 e. The van der Waals surface area contributed by atoms with Gasteiger partial charge in [-0.15, -0.1) is 0 Å². The van der Waals surface area contributed by atoms with Crippen LogP contribution in [0.5, 0.6) is 0 Å². The average molecular weight is 332 g/mol. The van der Waals surface area contributed by atoms with E-state index in [-0.39, 0.29) is 23.5 Å². The van der Waals surface area contributed by atoms with Crippen LogP contribution >= 0.6 is 0 Å². The van der Waals surface area contributed by atoms with Gasteiger partial charge in [-0.1, -0.05) is 0 Å². The fourth-order valence-electron chi connectivity index (χ4n) is 3.49. The molecule has 1 heterocycles. The first-order chi connectivity index (χ1) is 11.5. The van der Waals surface area contributed by atoms with Crippen molar-refractivity contribution in [3.05, 3.63) is 35.6 Å². The third-order valence-electron chi connectivity index (χ3n) is 5.49. The molecule has 1 aliphatic carbocycles. The molecule has 1 aromatic rings. The molecule has 2 amide bonds. The van der Waals surface area contributed by atoms with Gasteiger partial charge in [0.1, 0.15) is 5.82 Å². The molecule has 3 rings (SSSR count). The summed E-state index contributed by atoms with van der Waals surface area (Å²) in [5.41, 5.74) is 0.501. The van der Waals surface area contributed by atoms with Crippen LogP contribution in [0.25, 0.3) is 0 Å². The lowest BCUT2D eigenvalue weighted by Crippen LogP contribution is -2.46. The van der Waals surface area contributed by atoms with Crippen molar-refractivity contribution in [2.24, 2.45) is 11.8 Å². The van der Waals surface area contributed by atoms with Gasteiger partial charge in [0.05, 0.1) is 0 Å². The van der Waals surface area contributed by atoms with Gasteiger partial charge < -0.3 is 9.80 Å². The van der Waals surface area contributed by atoms with E-state index >= 15 is 0 Å². The van der Waals surface area contributed by atoms with Crippen molar-refractivity contribution in [2.75, 3.05) is 20.1 Å². The number of halogens is 1. The van der Waals surface area contributed by atoms with Gasteiger partial charge in [0, 0.05) is 37.7 Å². The lowest BCUT2D eigenvalue weighted by atomic mass is 9.94. The largest absolute Gasteiger partial charge is 0.343 e. The van der Waals surface area contributed by atoms with Gasteiger partial charge in [0.25, 0.3) is 5.91 Å². The molecule has 2 aliphatic rings. The fourth-order valence-corrected chi connectivity index (χ4v) is 3.49. The highest BCUT2D eigenvalue weighted by molar-refractivity contribution is 5.94. The molecular weight excluding hydrogens is 307 g/mol. The molecule has 1 aliphatic heterocycles. The van der Waals surface area contributed by atoms with E-state index in [1.807, 2.05) is 11.9 Å². The van der Waals surface area contributed by atoms with Crippen molar-refractivity contribution < 1.29 is 14.0 Å². The van der Waals surface area contributed by atoms with Crippen LogP contribution in [0.15, 0.2) is 24.3 Å². The zero-order valence-corrected chi connectivity index (χ0v) is 14.4. The molecule has 1 aromatic carbocycles. The molecule has 5 heteroatoms. The quantitative estimate of drug-likeness (QED) is 0.850. The Balaban J connectivity index is 1.54. The zero-order valence-electron chi connectivity index (χ0n) is 14.4. The summed E-state index contributed by atoms with van der Waals surface area (Å²) in [6, 6.07) is 5.95. The second kappa shape index (κ2) is 6.91. The molecule has 1 unspecified atom stereocenters. The van der Waals surface area contributed by atoms with Crippen LogP contribution in [0, 0.1) is 17.7 Å². The Morgan fingerprint density at radius 1 is 1.12 bits per heavy atom. The van der Waals surface area contributed by atoms with Crippen LogP contribution in [-0.4, -0.2) is 47.8 Å². The minimum Gasteiger partial charge on any atom is -0.343 e. The Labute approximate surface area is 142 Å². The van der Waals surface area contributed by atoms with Crippen LogP contribution in [0.3, 0.4) is 0 Å². The van der Waals surface area contributed by atoms with Crippen molar-refractivity contribution in [2.45, 2.75) is 38.6 Å². The molecule has 0 radical (unpaired) electrons. The van der Waals surface area contributed by atoms with Crippen LogP contribution in [0.1, 0.15) is 43.0 Å². The van der Waals surface area contributed by atoms with E-state index < -0.39 is 0 Å². The fraction of sp³-hybridized carbons (Fsp3) is 0.579. The third kappa shape index (κ3) is 3.60. The number of piperidine rings is 1. The molecule has 1 atom stereocenters. The summed E-state index contributed by atoms with van der Waals surface area (Å²) in [5.74, 6) is 0.458. The van der Waals surface area contributed by atoms with E-state index in [0.29, 0.717) is 43.5 Å². The van der Waals surface area contributed by atoms with Crippen molar-refractivity contribution in [3.8, 4) is 0 Å². The highest BCUT2D eigenvalue weighted by Gasteiger charge is 2.36. The molecule has 24 heavy (non-hydrogen) atoms. The number of amides is 2. The second-order valence-corrected chi connectivity index (χ2v) is 7.10. The molecule has 2 fully saturated rings. The van der Waals surface area contributed by atoms with Crippen molar-refractivity contribution in [3.63, 3.8) is 0 Å². The SMILES string of the molecule is CC(C1CC1)N(C)C(=O)C1CCN(C(=O)c2ccc(F)cc2)CC1. The van der Waals surface area contributed by atoms with E-state index in [1.54, 1.807) is 4.90 Å². The summed E-state index contributed by atoms with van der Waals surface area (Å²) in [4.78, 5) is 28.7. The second-order valence-electron chi connectivity index (χ2n) is 7.10.